The third-order valence-corrected chi connectivity index (χ3v) is 3.10. The van der Waals surface area contributed by atoms with Crippen molar-refractivity contribution in [1.82, 2.24) is 14.9 Å². The highest BCUT2D eigenvalue weighted by molar-refractivity contribution is 5.83. The molecule has 0 aliphatic rings. The quantitative estimate of drug-likeness (QED) is 0.676. The van der Waals surface area contributed by atoms with Crippen LogP contribution in [0.1, 0.15) is 17.0 Å². The maximum atomic E-state index is 4.72. The summed E-state index contributed by atoms with van der Waals surface area (Å²) in [6.07, 6.45) is 2.08. The maximum absolute atomic E-state index is 4.72. The molecular weight excluding hydrogens is 214 g/mol. The Morgan fingerprint density at radius 1 is 1.18 bits per heavy atom. The number of benzene rings is 1. The Morgan fingerprint density at radius 3 is 2.82 bits per heavy atom. The molecule has 0 fully saturated rings. The Morgan fingerprint density at radius 2 is 2.06 bits per heavy atom. The van der Waals surface area contributed by atoms with Crippen molar-refractivity contribution in [3.8, 4) is 0 Å². The van der Waals surface area contributed by atoms with Gasteiger partial charge in [0.1, 0.15) is 11.4 Å². The lowest BCUT2D eigenvalue weighted by Gasteiger charge is -2.03. The second-order valence-corrected chi connectivity index (χ2v) is 4.25. The molecule has 4 nitrogen and oxygen atoms in total. The highest BCUT2D eigenvalue weighted by Gasteiger charge is 2.08. The lowest BCUT2D eigenvalue weighted by Crippen LogP contribution is -1.99. The highest BCUT2D eigenvalue weighted by atomic mass is 16.6. The van der Waals surface area contributed by atoms with Crippen molar-refractivity contribution in [1.29, 1.82) is 0 Å². The van der Waals surface area contributed by atoms with Crippen molar-refractivity contribution in [2.45, 2.75) is 20.4 Å². The van der Waals surface area contributed by atoms with Gasteiger partial charge in [0.2, 0.25) is 0 Å². The van der Waals surface area contributed by atoms with Crippen LogP contribution >= 0.6 is 0 Å². The van der Waals surface area contributed by atoms with Crippen LogP contribution in [0.2, 0.25) is 0 Å². The van der Waals surface area contributed by atoms with Crippen LogP contribution in [0.25, 0.3) is 10.9 Å². The Balaban J connectivity index is 2.07. The summed E-state index contributed by atoms with van der Waals surface area (Å²) in [5.41, 5.74) is 4.23. The summed E-state index contributed by atoms with van der Waals surface area (Å²) >= 11 is 0. The first-order valence-corrected chi connectivity index (χ1v) is 5.58. The van der Waals surface area contributed by atoms with E-state index in [1.165, 1.54) is 16.5 Å². The van der Waals surface area contributed by atoms with E-state index in [2.05, 4.69) is 52.3 Å². The van der Waals surface area contributed by atoms with E-state index in [0.717, 1.165) is 11.4 Å². The summed E-state index contributed by atoms with van der Waals surface area (Å²) < 4.78 is 6.88. The molecular formula is C13H13N3O. The zero-order valence-corrected chi connectivity index (χ0v) is 9.84. The normalized spacial score (nSPS) is 11.2. The van der Waals surface area contributed by atoms with Gasteiger partial charge in [-0.3, -0.25) is 0 Å². The zero-order valence-electron chi connectivity index (χ0n) is 9.84. The fraction of sp³-hybridized carbons (Fsp3) is 0.231. The molecule has 17 heavy (non-hydrogen) atoms. The van der Waals surface area contributed by atoms with Crippen molar-refractivity contribution < 1.29 is 4.63 Å². The van der Waals surface area contributed by atoms with Gasteiger partial charge in [-0.05, 0) is 31.5 Å². The molecule has 1 aromatic carbocycles. The van der Waals surface area contributed by atoms with E-state index in [4.69, 9.17) is 4.63 Å². The molecule has 4 heteroatoms. The largest absolute Gasteiger partial charge is 0.341 e. The molecule has 0 saturated carbocycles. The number of rotatable bonds is 2. The summed E-state index contributed by atoms with van der Waals surface area (Å²) in [6.45, 7) is 4.72. The molecule has 3 aromatic rings. The molecule has 2 heterocycles. The minimum Gasteiger partial charge on any atom is -0.341 e. The van der Waals surface area contributed by atoms with Crippen LogP contribution in [0.5, 0.6) is 0 Å². The van der Waals surface area contributed by atoms with Gasteiger partial charge in [-0.15, -0.1) is 0 Å². The fourth-order valence-corrected chi connectivity index (χ4v) is 2.07. The van der Waals surface area contributed by atoms with E-state index in [1.807, 2.05) is 6.92 Å². The molecule has 0 radical (unpaired) electrons. The van der Waals surface area contributed by atoms with Crippen LogP contribution in [0.4, 0.5) is 0 Å². The summed E-state index contributed by atoms with van der Waals surface area (Å²) in [5, 5.41) is 8.99. The van der Waals surface area contributed by atoms with E-state index < -0.39 is 0 Å². The van der Waals surface area contributed by atoms with Gasteiger partial charge in [-0.2, -0.15) is 0 Å². The summed E-state index contributed by atoms with van der Waals surface area (Å²) in [6, 6.07) is 8.44. The second-order valence-electron chi connectivity index (χ2n) is 4.25. The summed E-state index contributed by atoms with van der Waals surface area (Å²) in [4.78, 5) is 0. The SMILES string of the molecule is Cc1nonc1Cn1ccc2c(C)cccc21. The number of nitrogens with zero attached hydrogens (tertiary/aromatic N) is 3. The van der Waals surface area contributed by atoms with Gasteiger partial charge in [-0.25, -0.2) is 4.63 Å². The first-order valence-electron chi connectivity index (χ1n) is 5.58. The van der Waals surface area contributed by atoms with Crippen LogP contribution in [-0.4, -0.2) is 14.9 Å². The van der Waals surface area contributed by atoms with Gasteiger partial charge in [0.25, 0.3) is 0 Å². The first kappa shape index (κ1) is 10.1. The molecule has 2 aromatic heterocycles. The predicted octanol–water partition coefficient (Wildman–Crippen LogP) is 2.69. The molecule has 86 valence electrons. The van der Waals surface area contributed by atoms with Crippen LogP contribution in [0, 0.1) is 13.8 Å². The van der Waals surface area contributed by atoms with E-state index >= 15 is 0 Å². The number of hydrogen-bond donors (Lipinski definition) is 0. The molecule has 0 N–H and O–H groups in total. The van der Waals surface area contributed by atoms with Gasteiger partial charge >= 0.3 is 0 Å². The van der Waals surface area contributed by atoms with Crippen LogP contribution < -0.4 is 0 Å². The third-order valence-electron chi connectivity index (χ3n) is 3.10. The van der Waals surface area contributed by atoms with Gasteiger partial charge in [0.15, 0.2) is 0 Å². The molecule has 0 aliphatic heterocycles. The Kier molecular flexibility index (Phi) is 2.21. The molecule has 0 spiro atoms. The summed E-state index contributed by atoms with van der Waals surface area (Å²) in [7, 11) is 0. The molecule has 0 amide bonds. The molecule has 0 aliphatic carbocycles. The average Bonchev–Trinajstić information content (AvgIpc) is 2.89. The van der Waals surface area contributed by atoms with Crippen molar-refractivity contribution in [3.63, 3.8) is 0 Å². The predicted molar refractivity (Wildman–Crippen MR) is 64.8 cm³/mol. The average molecular weight is 227 g/mol. The second kappa shape index (κ2) is 3.73. The Bertz CT molecular complexity index is 666. The lowest BCUT2D eigenvalue weighted by atomic mass is 10.1. The molecule has 0 bridgehead atoms. The van der Waals surface area contributed by atoms with E-state index in [1.54, 1.807) is 0 Å². The van der Waals surface area contributed by atoms with Crippen molar-refractivity contribution >= 4 is 10.9 Å². The molecule has 3 rings (SSSR count). The fourth-order valence-electron chi connectivity index (χ4n) is 2.07. The van der Waals surface area contributed by atoms with Gasteiger partial charge in [-0.1, -0.05) is 22.4 Å². The topological polar surface area (TPSA) is 43.9 Å². The van der Waals surface area contributed by atoms with E-state index in [0.29, 0.717) is 6.54 Å². The minimum absolute atomic E-state index is 0.697. The van der Waals surface area contributed by atoms with Gasteiger partial charge < -0.3 is 4.57 Å². The highest BCUT2D eigenvalue weighted by Crippen LogP contribution is 2.20. The first-order chi connectivity index (χ1) is 8.25. The number of hydrogen-bond acceptors (Lipinski definition) is 3. The standard InChI is InChI=1S/C13H13N3O/c1-9-4-3-5-13-11(9)6-7-16(13)8-12-10(2)14-17-15-12/h3-7H,8H2,1-2H3. The smallest absolute Gasteiger partial charge is 0.127 e. The van der Waals surface area contributed by atoms with E-state index in [9.17, 15) is 0 Å². The lowest BCUT2D eigenvalue weighted by molar-refractivity contribution is 0.300. The van der Waals surface area contributed by atoms with Crippen LogP contribution in [-0.2, 0) is 6.54 Å². The third kappa shape index (κ3) is 1.62. The van der Waals surface area contributed by atoms with Crippen LogP contribution in [0.15, 0.2) is 35.1 Å². The molecule has 0 unspecified atom stereocenters. The Labute approximate surface area is 98.8 Å². The van der Waals surface area contributed by atoms with Crippen molar-refractivity contribution in [3.05, 3.63) is 47.4 Å². The maximum Gasteiger partial charge on any atom is 0.127 e. The number of aryl methyl sites for hydroxylation is 2. The monoisotopic (exact) mass is 227 g/mol. The minimum atomic E-state index is 0.697. The van der Waals surface area contributed by atoms with Crippen molar-refractivity contribution in [2.24, 2.45) is 0 Å². The Hall–Kier alpha value is -2.10. The van der Waals surface area contributed by atoms with Gasteiger partial charge in [0.05, 0.1) is 6.54 Å². The number of fused-ring (bicyclic) bond motifs is 1. The zero-order chi connectivity index (χ0) is 11.8. The number of aromatic nitrogens is 3. The van der Waals surface area contributed by atoms with E-state index in [-0.39, 0.29) is 0 Å². The molecule has 0 saturated heterocycles. The molecule has 0 atom stereocenters. The van der Waals surface area contributed by atoms with Crippen molar-refractivity contribution in [2.75, 3.05) is 0 Å². The summed E-state index contributed by atoms with van der Waals surface area (Å²) in [5.74, 6) is 0. The van der Waals surface area contributed by atoms with Crippen LogP contribution in [0.3, 0.4) is 0 Å². The van der Waals surface area contributed by atoms with Gasteiger partial charge in [0, 0.05) is 17.1 Å².